The number of hydrogen-bond acceptors (Lipinski definition) is 10. The first-order valence-electron chi connectivity index (χ1n) is 13.4. The number of ketones is 2. The van der Waals surface area contributed by atoms with Gasteiger partial charge in [0.25, 0.3) is 5.91 Å². The molecule has 0 spiro atoms. The fourth-order valence-corrected chi connectivity index (χ4v) is 3.96. The van der Waals surface area contributed by atoms with Crippen molar-refractivity contribution in [2.75, 3.05) is 13.1 Å². The highest BCUT2D eigenvalue weighted by Gasteiger charge is 2.33. The fraction of sp³-hybridized carbons (Fsp3) is 0.464. The molecule has 0 bridgehead atoms. The summed E-state index contributed by atoms with van der Waals surface area (Å²) < 4.78 is 5.03. The molecule has 0 aliphatic carbocycles. The van der Waals surface area contributed by atoms with Crippen LogP contribution in [0.5, 0.6) is 0 Å². The van der Waals surface area contributed by atoms with Crippen LogP contribution in [0.3, 0.4) is 0 Å². The van der Waals surface area contributed by atoms with E-state index in [0.717, 1.165) is 0 Å². The van der Waals surface area contributed by atoms with Gasteiger partial charge in [0.1, 0.15) is 19.2 Å². The molecule has 0 fully saturated rings. The number of aldehydes is 1. The third kappa shape index (κ3) is 13.7. The molecule has 1 rings (SSSR count). The topological polar surface area (TPSA) is 251 Å². The van der Waals surface area contributed by atoms with Crippen molar-refractivity contribution >= 4 is 53.7 Å². The highest BCUT2D eigenvalue weighted by atomic mass is 16.5. The predicted molar refractivity (Wildman–Crippen MR) is 148 cm³/mol. The fourth-order valence-electron chi connectivity index (χ4n) is 3.96. The van der Waals surface area contributed by atoms with Crippen LogP contribution in [0.25, 0.3) is 0 Å². The predicted octanol–water partition coefficient (Wildman–Crippen LogP) is 0.0183. The number of alkyl carbamates (subject to hydrolysis) is 1. The molecule has 0 aromatic heterocycles. The third-order valence-electron chi connectivity index (χ3n) is 6.19. The average molecular weight is 622 g/mol. The van der Waals surface area contributed by atoms with Crippen LogP contribution in [0.4, 0.5) is 4.79 Å². The molecule has 0 unspecified atom stereocenters. The largest absolute Gasteiger partial charge is 0.481 e. The molecule has 0 aliphatic rings. The summed E-state index contributed by atoms with van der Waals surface area (Å²) in [5.41, 5.74) is 0.616. The van der Waals surface area contributed by atoms with Gasteiger partial charge in [-0.05, 0) is 17.9 Å². The lowest BCUT2D eigenvalue weighted by atomic mass is 9.91. The molecule has 1 aromatic carbocycles. The van der Waals surface area contributed by atoms with Crippen molar-refractivity contribution in [2.24, 2.45) is 11.8 Å². The van der Waals surface area contributed by atoms with Gasteiger partial charge in [-0.15, -0.1) is 0 Å². The van der Waals surface area contributed by atoms with E-state index < -0.39 is 110 Å². The first kappa shape index (κ1) is 36.9. The Balaban J connectivity index is 3.09. The van der Waals surface area contributed by atoms with E-state index >= 15 is 0 Å². The Morgan fingerprint density at radius 2 is 1.48 bits per heavy atom. The number of hydrogen-bond donors (Lipinski definition) is 5. The number of aliphatic carboxylic acids is 3. The number of carbonyl (C=O) groups is 9. The summed E-state index contributed by atoms with van der Waals surface area (Å²) in [6.07, 6.45) is -3.86. The van der Waals surface area contributed by atoms with Crippen molar-refractivity contribution < 1.29 is 63.2 Å². The van der Waals surface area contributed by atoms with E-state index in [1.54, 1.807) is 30.3 Å². The van der Waals surface area contributed by atoms with Crippen molar-refractivity contribution in [3.8, 4) is 0 Å². The van der Waals surface area contributed by atoms with Gasteiger partial charge in [-0.1, -0.05) is 44.2 Å². The minimum Gasteiger partial charge on any atom is -0.481 e. The third-order valence-corrected chi connectivity index (χ3v) is 6.19. The number of ether oxygens (including phenoxy) is 1. The molecule has 44 heavy (non-hydrogen) atoms. The number of nitrogens with zero attached hydrogens (tertiary/aromatic N) is 1. The van der Waals surface area contributed by atoms with E-state index in [-0.39, 0.29) is 12.9 Å². The second kappa shape index (κ2) is 18.4. The molecule has 16 nitrogen and oxygen atoms in total. The molecular weight excluding hydrogens is 586 g/mol. The van der Waals surface area contributed by atoms with Crippen LogP contribution in [-0.4, -0.2) is 99.1 Å². The molecular formula is C28H35N3O13. The number of carboxylic acids is 3. The summed E-state index contributed by atoms with van der Waals surface area (Å²) in [4.78, 5) is 108. The Hall–Kier alpha value is -5.15. The van der Waals surface area contributed by atoms with Crippen LogP contribution < -0.4 is 10.6 Å². The molecule has 0 heterocycles. The van der Waals surface area contributed by atoms with Crippen molar-refractivity contribution in [3.63, 3.8) is 0 Å². The Morgan fingerprint density at radius 1 is 0.841 bits per heavy atom. The molecule has 240 valence electrons. The molecule has 0 aliphatic heterocycles. The van der Waals surface area contributed by atoms with Crippen LogP contribution in [0.2, 0.25) is 0 Å². The number of rotatable bonds is 20. The number of Topliss-reactive ketones (excluding diaryl/α,β-unsaturated/α-hetero) is 2. The Kier molecular flexibility index (Phi) is 15.4. The van der Waals surface area contributed by atoms with E-state index in [4.69, 9.17) is 14.9 Å². The Morgan fingerprint density at radius 3 is 2.00 bits per heavy atom. The van der Waals surface area contributed by atoms with Crippen molar-refractivity contribution in [3.05, 3.63) is 35.9 Å². The second-order valence-corrected chi connectivity index (χ2v) is 10.1. The lowest BCUT2D eigenvalue weighted by molar-refractivity contribution is -0.148. The lowest BCUT2D eigenvalue weighted by Crippen LogP contribution is -2.52. The Labute approximate surface area is 251 Å². The zero-order valence-corrected chi connectivity index (χ0v) is 24.1. The number of amides is 3. The SMILES string of the molecule is CC(C)[C@H](NC(=O)[C@H](CCC(=O)O)CC(=O)[C@H](CC(=O)O)NC(=O)OCc1ccccc1)C(=O)CN(CC(=O)O)C(=O)C=O. The van der Waals surface area contributed by atoms with Crippen molar-refractivity contribution in [2.45, 2.75) is 58.2 Å². The summed E-state index contributed by atoms with van der Waals surface area (Å²) in [5, 5.41) is 31.9. The highest BCUT2D eigenvalue weighted by molar-refractivity contribution is 6.24. The summed E-state index contributed by atoms with van der Waals surface area (Å²) in [7, 11) is 0. The number of benzene rings is 1. The zero-order chi connectivity index (χ0) is 33.4. The number of carbonyl (C=O) groups excluding carboxylic acids is 6. The van der Waals surface area contributed by atoms with Gasteiger partial charge in [0.15, 0.2) is 11.6 Å². The number of carboxylic acid groups (broad SMARTS) is 3. The smallest absolute Gasteiger partial charge is 0.408 e. The van der Waals surface area contributed by atoms with E-state index in [1.807, 2.05) is 0 Å². The van der Waals surface area contributed by atoms with E-state index in [0.29, 0.717) is 10.5 Å². The number of nitrogens with one attached hydrogen (secondary N) is 2. The summed E-state index contributed by atoms with van der Waals surface area (Å²) in [5.74, 6) is -10.3. The van der Waals surface area contributed by atoms with Crippen LogP contribution >= 0.6 is 0 Å². The Bertz CT molecular complexity index is 1230. The summed E-state index contributed by atoms with van der Waals surface area (Å²) in [6.45, 7) is 1.02. The van der Waals surface area contributed by atoms with Gasteiger partial charge in [0.05, 0.1) is 19.0 Å². The summed E-state index contributed by atoms with van der Waals surface area (Å²) >= 11 is 0. The molecule has 5 N–H and O–H groups in total. The highest BCUT2D eigenvalue weighted by Crippen LogP contribution is 2.17. The normalized spacial score (nSPS) is 12.6. The van der Waals surface area contributed by atoms with Gasteiger partial charge in [-0.25, -0.2) is 4.79 Å². The van der Waals surface area contributed by atoms with Gasteiger partial charge >= 0.3 is 24.0 Å². The van der Waals surface area contributed by atoms with Crippen LogP contribution in [0, 0.1) is 11.8 Å². The van der Waals surface area contributed by atoms with Crippen LogP contribution in [0.15, 0.2) is 30.3 Å². The molecule has 1 aromatic rings. The van der Waals surface area contributed by atoms with Crippen LogP contribution in [0.1, 0.15) is 45.1 Å². The molecule has 3 amide bonds. The molecule has 0 saturated heterocycles. The van der Waals surface area contributed by atoms with Gasteiger partial charge in [-0.2, -0.15) is 0 Å². The minimum absolute atomic E-state index is 0.175. The summed E-state index contributed by atoms with van der Waals surface area (Å²) in [6, 6.07) is 5.48. The van der Waals surface area contributed by atoms with Crippen LogP contribution in [-0.2, 0) is 49.7 Å². The first-order valence-corrected chi connectivity index (χ1v) is 13.4. The van der Waals surface area contributed by atoms with Crippen molar-refractivity contribution in [1.29, 1.82) is 0 Å². The average Bonchev–Trinajstić information content (AvgIpc) is 2.95. The van der Waals surface area contributed by atoms with E-state index in [2.05, 4.69) is 10.6 Å². The lowest BCUT2D eigenvalue weighted by Gasteiger charge is -2.27. The first-order chi connectivity index (χ1) is 20.6. The molecule has 0 saturated carbocycles. The van der Waals surface area contributed by atoms with Gasteiger partial charge in [-0.3, -0.25) is 38.4 Å². The minimum atomic E-state index is -1.64. The maximum atomic E-state index is 13.2. The quantitative estimate of drug-likeness (QED) is 0.0952. The molecule has 0 radical (unpaired) electrons. The molecule has 3 atom stereocenters. The monoisotopic (exact) mass is 621 g/mol. The zero-order valence-electron chi connectivity index (χ0n) is 24.1. The van der Waals surface area contributed by atoms with E-state index in [9.17, 15) is 48.3 Å². The molecule has 16 heteroatoms. The maximum Gasteiger partial charge on any atom is 0.408 e. The van der Waals surface area contributed by atoms with Gasteiger partial charge < -0.3 is 35.6 Å². The van der Waals surface area contributed by atoms with Crippen molar-refractivity contribution in [1.82, 2.24) is 15.5 Å². The standard InChI is InChI=1S/C28H35N3O13/c1-16(2)26(21(34)12-31(13-25(40)41)22(35)14-32)30-27(42)18(8-9-23(36)37)10-20(33)19(11-24(38)39)29-28(43)44-15-17-6-4-3-5-7-17/h3-7,14,16,18-19,26H,8-13,15H2,1-2H3,(H,29,43)(H,30,42)(H,36,37)(H,38,39)(H,40,41)/t18-,19+,26+/m1/s1. The van der Waals surface area contributed by atoms with E-state index in [1.165, 1.54) is 13.8 Å². The van der Waals surface area contributed by atoms with Gasteiger partial charge in [0.2, 0.25) is 12.2 Å². The van der Waals surface area contributed by atoms with Gasteiger partial charge in [0, 0.05) is 18.8 Å². The maximum absolute atomic E-state index is 13.2. The second-order valence-electron chi connectivity index (χ2n) is 10.1.